The SMILES string of the molecule is CCOC(=O)c1c[nH]c2c(=O)oc3ccccc3c2c1=O. The molecule has 2 heterocycles. The summed E-state index contributed by atoms with van der Waals surface area (Å²) in [4.78, 5) is 38.8. The fourth-order valence-corrected chi connectivity index (χ4v) is 2.22. The van der Waals surface area contributed by atoms with Gasteiger partial charge in [0, 0.05) is 11.6 Å². The number of aromatic nitrogens is 1. The van der Waals surface area contributed by atoms with Gasteiger partial charge in [-0.1, -0.05) is 18.2 Å². The van der Waals surface area contributed by atoms with E-state index >= 15 is 0 Å². The largest absolute Gasteiger partial charge is 0.462 e. The van der Waals surface area contributed by atoms with E-state index in [9.17, 15) is 14.4 Å². The second-order valence-electron chi connectivity index (χ2n) is 4.39. The number of H-pyrrole nitrogens is 1. The summed E-state index contributed by atoms with van der Waals surface area (Å²) in [6.45, 7) is 1.81. The molecule has 6 heteroatoms. The second kappa shape index (κ2) is 4.90. The zero-order valence-electron chi connectivity index (χ0n) is 11.1. The Morgan fingerprint density at radius 2 is 2.05 bits per heavy atom. The van der Waals surface area contributed by atoms with E-state index in [1.165, 1.54) is 6.20 Å². The number of carbonyl (C=O) groups excluding carboxylic acids is 1. The maximum absolute atomic E-state index is 12.5. The van der Waals surface area contributed by atoms with E-state index < -0.39 is 17.0 Å². The lowest BCUT2D eigenvalue weighted by molar-refractivity contribution is 0.0524. The number of nitrogens with one attached hydrogen (secondary N) is 1. The molecule has 21 heavy (non-hydrogen) atoms. The van der Waals surface area contributed by atoms with Gasteiger partial charge in [0.15, 0.2) is 0 Å². The standard InChI is InChI=1S/C15H11NO5/c1-2-20-14(18)9-7-16-12-11(13(9)17)8-5-3-4-6-10(8)21-15(12)19/h3-7H,2H2,1H3,(H,16,17). The van der Waals surface area contributed by atoms with E-state index in [0.717, 1.165) is 0 Å². The van der Waals surface area contributed by atoms with Crippen LogP contribution in [0, 0.1) is 0 Å². The Labute approximate surface area is 118 Å². The average Bonchev–Trinajstić information content (AvgIpc) is 2.48. The fourth-order valence-electron chi connectivity index (χ4n) is 2.22. The Balaban J connectivity index is 2.47. The van der Waals surface area contributed by atoms with Crippen molar-refractivity contribution in [3.8, 4) is 0 Å². The molecule has 0 radical (unpaired) electrons. The third kappa shape index (κ3) is 2.01. The van der Waals surface area contributed by atoms with Gasteiger partial charge in [-0.25, -0.2) is 9.59 Å². The van der Waals surface area contributed by atoms with Crippen molar-refractivity contribution in [2.45, 2.75) is 6.92 Å². The molecular formula is C15H11NO5. The van der Waals surface area contributed by atoms with Crippen molar-refractivity contribution in [3.05, 3.63) is 56.7 Å². The van der Waals surface area contributed by atoms with E-state index in [-0.39, 0.29) is 23.1 Å². The molecule has 0 atom stereocenters. The highest BCUT2D eigenvalue weighted by Gasteiger charge is 2.18. The molecule has 0 aliphatic rings. The molecule has 0 bridgehead atoms. The van der Waals surface area contributed by atoms with Crippen LogP contribution in [0.2, 0.25) is 0 Å². The molecule has 3 rings (SSSR count). The number of benzene rings is 1. The van der Waals surface area contributed by atoms with Crippen LogP contribution >= 0.6 is 0 Å². The minimum atomic E-state index is -0.724. The molecule has 0 saturated heterocycles. The molecule has 0 spiro atoms. The summed E-state index contributed by atoms with van der Waals surface area (Å²) in [5.74, 6) is -0.724. The number of rotatable bonds is 2. The molecule has 0 aliphatic carbocycles. The van der Waals surface area contributed by atoms with E-state index in [0.29, 0.717) is 11.0 Å². The fraction of sp³-hybridized carbons (Fsp3) is 0.133. The molecule has 0 aliphatic heterocycles. The minimum Gasteiger partial charge on any atom is -0.462 e. The molecule has 2 aromatic heterocycles. The third-order valence-electron chi connectivity index (χ3n) is 3.14. The van der Waals surface area contributed by atoms with Crippen molar-refractivity contribution in [2.75, 3.05) is 6.61 Å². The van der Waals surface area contributed by atoms with Gasteiger partial charge in [0.1, 0.15) is 16.7 Å². The minimum absolute atomic E-state index is 0.0340. The quantitative estimate of drug-likeness (QED) is 0.440. The first-order valence-electron chi connectivity index (χ1n) is 6.38. The third-order valence-corrected chi connectivity index (χ3v) is 3.14. The van der Waals surface area contributed by atoms with Gasteiger partial charge in [0.2, 0.25) is 5.43 Å². The van der Waals surface area contributed by atoms with Gasteiger partial charge in [0.25, 0.3) is 0 Å². The molecular weight excluding hydrogens is 274 g/mol. The van der Waals surface area contributed by atoms with Crippen LogP contribution in [0.25, 0.3) is 21.9 Å². The zero-order chi connectivity index (χ0) is 15.0. The highest BCUT2D eigenvalue weighted by molar-refractivity contribution is 6.05. The van der Waals surface area contributed by atoms with Crippen molar-refractivity contribution >= 4 is 27.8 Å². The van der Waals surface area contributed by atoms with Gasteiger partial charge < -0.3 is 14.1 Å². The molecule has 0 amide bonds. The van der Waals surface area contributed by atoms with Crippen molar-refractivity contribution in [2.24, 2.45) is 0 Å². The lowest BCUT2D eigenvalue weighted by Gasteiger charge is -2.04. The van der Waals surface area contributed by atoms with Crippen molar-refractivity contribution in [3.63, 3.8) is 0 Å². The first kappa shape index (κ1) is 13.1. The van der Waals surface area contributed by atoms with Crippen LogP contribution in [0.5, 0.6) is 0 Å². The number of carbonyl (C=O) groups is 1. The number of pyridine rings is 1. The lowest BCUT2D eigenvalue weighted by atomic mass is 10.1. The second-order valence-corrected chi connectivity index (χ2v) is 4.39. The summed E-state index contributed by atoms with van der Waals surface area (Å²) in [6, 6.07) is 6.66. The predicted octanol–water partition coefficient (Wildman–Crippen LogP) is 1.81. The van der Waals surface area contributed by atoms with Gasteiger partial charge in [-0.15, -0.1) is 0 Å². The van der Waals surface area contributed by atoms with Crippen LogP contribution in [0.4, 0.5) is 0 Å². The molecule has 106 valence electrons. The maximum Gasteiger partial charge on any atom is 0.360 e. The first-order valence-corrected chi connectivity index (χ1v) is 6.38. The Bertz CT molecular complexity index is 967. The molecule has 6 nitrogen and oxygen atoms in total. The Morgan fingerprint density at radius 1 is 1.29 bits per heavy atom. The lowest BCUT2D eigenvalue weighted by Crippen LogP contribution is -2.20. The smallest absolute Gasteiger partial charge is 0.360 e. The number of para-hydroxylation sites is 1. The van der Waals surface area contributed by atoms with E-state index in [1.54, 1.807) is 31.2 Å². The normalized spacial score (nSPS) is 10.9. The Morgan fingerprint density at radius 3 is 2.81 bits per heavy atom. The molecule has 1 aromatic carbocycles. The van der Waals surface area contributed by atoms with Crippen molar-refractivity contribution in [1.29, 1.82) is 0 Å². The van der Waals surface area contributed by atoms with Crippen LogP contribution < -0.4 is 11.1 Å². The van der Waals surface area contributed by atoms with Crippen LogP contribution in [0.1, 0.15) is 17.3 Å². The van der Waals surface area contributed by atoms with Crippen LogP contribution in [-0.4, -0.2) is 17.6 Å². The predicted molar refractivity (Wildman–Crippen MR) is 76.6 cm³/mol. The van der Waals surface area contributed by atoms with E-state index in [1.807, 2.05) is 0 Å². The Kier molecular flexibility index (Phi) is 3.06. The van der Waals surface area contributed by atoms with Crippen molar-refractivity contribution < 1.29 is 13.9 Å². The summed E-state index contributed by atoms with van der Waals surface area (Å²) in [5.41, 5.74) is -1.02. The van der Waals surface area contributed by atoms with Crippen molar-refractivity contribution in [1.82, 2.24) is 4.98 Å². The van der Waals surface area contributed by atoms with E-state index in [2.05, 4.69) is 4.98 Å². The van der Waals surface area contributed by atoms with Gasteiger partial charge in [-0.3, -0.25) is 4.79 Å². The molecule has 3 aromatic rings. The van der Waals surface area contributed by atoms with Crippen LogP contribution in [0.15, 0.2) is 44.5 Å². The summed E-state index contributed by atoms with van der Waals surface area (Å²) >= 11 is 0. The summed E-state index contributed by atoms with van der Waals surface area (Å²) < 4.78 is 9.98. The number of fused-ring (bicyclic) bond motifs is 3. The zero-order valence-corrected chi connectivity index (χ0v) is 11.1. The van der Waals surface area contributed by atoms with Crippen LogP contribution in [-0.2, 0) is 4.74 Å². The average molecular weight is 285 g/mol. The topological polar surface area (TPSA) is 89.4 Å². The first-order chi connectivity index (χ1) is 10.1. The number of esters is 1. The molecule has 0 saturated carbocycles. The summed E-state index contributed by atoms with van der Waals surface area (Å²) in [7, 11) is 0. The Hall–Kier alpha value is -2.89. The summed E-state index contributed by atoms with van der Waals surface area (Å²) in [6.07, 6.45) is 1.17. The molecule has 0 fully saturated rings. The number of aromatic amines is 1. The monoisotopic (exact) mass is 285 g/mol. The van der Waals surface area contributed by atoms with E-state index in [4.69, 9.17) is 9.15 Å². The van der Waals surface area contributed by atoms with Gasteiger partial charge in [-0.2, -0.15) is 0 Å². The highest BCUT2D eigenvalue weighted by atomic mass is 16.5. The highest BCUT2D eigenvalue weighted by Crippen LogP contribution is 2.18. The number of hydrogen-bond acceptors (Lipinski definition) is 5. The van der Waals surface area contributed by atoms with Gasteiger partial charge >= 0.3 is 11.6 Å². The maximum atomic E-state index is 12.5. The van der Waals surface area contributed by atoms with Gasteiger partial charge in [0.05, 0.1) is 12.0 Å². The van der Waals surface area contributed by atoms with Crippen LogP contribution in [0.3, 0.4) is 0 Å². The molecule has 0 unspecified atom stereocenters. The molecule has 1 N–H and O–H groups in total. The van der Waals surface area contributed by atoms with Gasteiger partial charge in [-0.05, 0) is 13.0 Å². The number of ether oxygens (including phenoxy) is 1. The number of hydrogen-bond donors (Lipinski definition) is 1. The summed E-state index contributed by atoms with van der Waals surface area (Å²) in [5, 5.41) is 0.604.